The first-order valence-corrected chi connectivity index (χ1v) is 9.62. The molecule has 0 amide bonds. The number of benzene rings is 2. The Labute approximate surface area is 115 Å². The lowest BCUT2D eigenvalue weighted by Crippen LogP contribution is -2.32. The van der Waals surface area contributed by atoms with E-state index in [9.17, 15) is 0 Å². The Morgan fingerprint density at radius 3 is 1.56 bits per heavy atom. The lowest BCUT2D eigenvalue weighted by Gasteiger charge is -2.20. The molecule has 0 saturated carbocycles. The molecule has 0 aromatic heterocycles. The molecular weight excluding hydrogens is 256 g/mol. The highest BCUT2D eigenvalue weighted by Gasteiger charge is 2.27. The first-order chi connectivity index (χ1) is 8.72. The lowest BCUT2D eigenvalue weighted by molar-refractivity contribution is 1.26. The van der Waals surface area contributed by atoms with Gasteiger partial charge in [0.15, 0.2) is 7.38 Å². The molecule has 0 saturated heterocycles. The molecule has 0 nitrogen and oxygen atoms in total. The summed E-state index contributed by atoms with van der Waals surface area (Å²) in [5.41, 5.74) is 4.60. The van der Waals surface area contributed by atoms with Crippen LogP contribution in [-0.2, 0) is 12.1 Å². The molecule has 0 unspecified atom stereocenters. The van der Waals surface area contributed by atoms with Crippen molar-refractivity contribution >= 4 is 18.5 Å². The number of rotatable bonds is 5. The normalized spacial score (nSPS) is 11.2. The minimum Gasteiger partial charge on any atom is -0.161 e. The van der Waals surface area contributed by atoms with Crippen LogP contribution in [-0.4, -0.2) is 7.38 Å². The zero-order chi connectivity index (χ0) is 12.8. The predicted molar refractivity (Wildman–Crippen MR) is 82.1 cm³/mol. The average Bonchev–Trinajstić information content (AvgIpc) is 2.41. The molecule has 92 valence electrons. The molecule has 2 rings (SSSR count). The fourth-order valence-electron chi connectivity index (χ4n) is 2.08. The van der Waals surface area contributed by atoms with E-state index in [4.69, 9.17) is 11.1 Å². The molecule has 0 N–H and O–H groups in total. The second-order valence-electron chi connectivity index (χ2n) is 4.56. The zero-order valence-electron chi connectivity index (χ0n) is 10.4. The first-order valence-electron chi connectivity index (χ1n) is 6.12. The maximum Gasteiger partial charge on any atom is 0.187 e. The second kappa shape index (κ2) is 6.03. The summed E-state index contributed by atoms with van der Waals surface area (Å²) in [6, 6.07) is 22.7. The van der Waals surface area contributed by atoms with Crippen LogP contribution < -0.4 is 0 Å². The lowest BCUT2D eigenvalue weighted by atomic mass is 10.2. The highest BCUT2D eigenvalue weighted by Crippen LogP contribution is 2.22. The van der Waals surface area contributed by atoms with Gasteiger partial charge in [-0.15, -0.1) is 6.58 Å². The van der Waals surface area contributed by atoms with Gasteiger partial charge in [-0.1, -0.05) is 66.4 Å². The Hall–Kier alpha value is -1.31. The number of hydrogen-bond donors (Lipinski definition) is 0. The van der Waals surface area contributed by atoms with Crippen molar-refractivity contribution in [3.05, 3.63) is 84.1 Å². The smallest absolute Gasteiger partial charge is 0.161 e. The summed E-state index contributed by atoms with van der Waals surface area (Å²) in [7, 11) is -1.97. The predicted octanol–water partition coefficient (Wildman–Crippen LogP) is 4.46. The second-order valence-corrected chi connectivity index (χ2v) is 10.0. The quantitative estimate of drug-likeness (QED) is 0.557. The number of hydrogen-bond acceptors (Lipinski definition) is 0. The third kappa shape index (κ3) is 3.59. The highest BCUT2D eigenvalue weighted by molar-refractivity contribution is 7.22. The summed E-state index contributed by atoms with van der Waals surface area (Å²) < 4.78 is 0. The summed E-state index contributed by atoms with van der Waals surface area (Å²) in [5.74, 6) is 0. The molecule has 2 aromatic carbocycles. The summed E-state index contributed by atoms with van der Waals surface area (Å²) >= 11 is 6.81. The molecule has 0 aliphatic rings. The van der Waals surface area contributed by atoms with Crippen molar-refractivity contribution in [2.75, 3.05) is 0 Å². The van der Waals surface area contributed by atoms with Gasteiger partial charge in [-0.2, -0.15) is 11.1 Å². The monoisotopic (exact) mass is 272 g/mol. The van der Waals surface area contributed by atoms with Crippen LogP contribution in [0.3, 0.4) is 0 Å². The van der Waals surface area contributed by atoms with Gasteiger partial charge in [-0.25, -0.2) is 0 Å². The molecule has 2 heteroatoms. The van der Waals surface area contributed by atoms with Crippen LogP contribution in [0.25, 0.3) is 0 Å². The van der Waals surface area contributed by atoms with Gasteiger partial charge in [-0.3, -0.25) is 0 Å². The Bertz CT molecular complexity index is 452. The van der Waals surface area contributed by atoms with E-state index in [1.807, 2.05) is 17.8 Å². The third-order valence-corrected chi connectivity index (χ3v) is 7.04. The van der Waals surface area contributed by atoms with E-state index in [1.54, 1.807) is 0 Å². The van der Waals surface area contributed by atoms with E-state index < -0.39 is 7.38 Å². The minimum absolute atomic E-state index is 0.938. The number of halogens is 1. The third-order valence-electron chi connectivity index (χ3n) is 3.05. The minimum atomic E-state index is -1.97. The van der Waals surface area contributed by atoms with Crippen molar-refractivity contribution in [1.29, 1.82) is 0 Å². The Balaban J connectivity index is 2.13. The Morgan fingerprint density at radius 1 is 0.833 bits per heavy atom. The standard InChI is InChI=1S/C16H17ClSi/c1-2-18(17,13-15-9-5-3-6-10-15)14-16-11-7-4-8-12-16/h2-12H,1,13-14H2. The van der Waals surface area contributed by atoms with Crippen LogP contribution in [0.2, 0.25) is 0 Å². The highest BCUT2D eigenvalue weighted by atomic mass is 35.6. The van der Waals surface area contributed by atoms with Crippen molar-refractivity contribution in [2.45, 2.75) is 12.1 Å². The van der Waals surface area contributed by atoms with Crippen molar-refractivity contribution in [1.82, 2.24) is 0 Å². The van der Waals surface area contributed by atoms with E-state index in [1.165, 1.54) is 11.1 Å². The topological polar surface area (TPSA) is 0 Å². The van der Waals surface area contributed by atoms with E-state index in [0.717, 1.165) is 12.1 Å². The van der Waals surface area contributed by atoms with Crippen molar-refractivity contribution in [3.63, 3.8) is 0 Å². The summed E-state index contributed by atoms with van der Waals surface area (Å²) in [5, 5.41) is 0. The fraction of sp³-hybridized carbons (Fsp3) is 0.125. The van der Waals surface area contributed by atoms with Gasteiger partial charge in [0.25, 0.3) is 0 Å². The Morgan fingerprint density at radius 2 is 1.22 bits per heavy atom. The summed E-state index contributed by atoms with van der Waals surface area (Å²) in [6.07, 6.45) is 0. The van der Waals surface area contributed by atoms with E-state index in [2.05, 4.69) is 55.1 Å². The fourth-order valence-corrected chi connectivity index (χ4v) is 5.25. The van der Waals surface area contributed by atoms with Crippen molar-refractivity contribution in [2.24, 2.45) is 0 Å². The van der Waals surface area contributed by atoms with Crippen LogP contribution in [0.1, 0.15) is 11.1 Å². The van der Waals surface area contributed by atoms with Gasteiger partial charge < -0.3 is 0 Å². The molecule has 0 heterocycles. The van der Waals surface area contributed by atoms with Gasteiger partial charge >= 0.3 is 0 Å². The first kappa shape index (κ1) is 13.1. The largest absolute Gasteiger partial charge is 0.187 e. The van der Waals surface area contributed by atoms with Gasteiger partial charge in [0.1, 0.15) is 0 Å². The molecule has 0 aliphatic carbocycles. The summed E-state index contributed by atoms with van der Waals surface area (Å²) in [4.78, 5) is 0. The van der Waals surface area contributed by atoms with E-state index >= 15 is 0 Å². The van der Waals surface area contributed by atoms with Gasteiger partial charge in [0, 0.05) is 0 Å². The summed E-state index contributed by atoms with van der Waals surface area (Å²) in [6.45, 7) is 3.95. The molecular formula is C16H17ClSi. The average molecular weight is 273 g/mol. The molecule has 2 aromatic rings. The van der Waals surface area contributed by atoms with Crippen LogP contribution in [0.4, 0.5) is 0 Å². The molecule has 0 bridgehead atoms. The van der Waals surface area contributed by atoms with Gasteiger partial charge in [-0.05, 0) is 23.2 Å². The van der Waals surface area contributed by atoms with Crippen LogP contribution in [0, 0.1) is 0 Å². The molecule has 0 atom stereocenters. The van der Waals surface area contributed by atoms with Gasteiger partial charge in [0.2, 0.25) is 0 Å². The van der Waals surface area contributed by atoms with Crippen molar-refractivity contribution in [3.8, 4) is 0 Å². The van der Waals surface area contributed by atoms with Gasteiger partial charge in [0.05, 0.1) is 0 Å². The van der Waals surface area contributed by atoms with Crippen LogP contribution in [0.15, 0.2) is 72.9 Å². The Kier molecular flexibility index (Phi) is 4.40. The molecule has 0 radical (unpaired) electrons. The van der Waals surface area contributed by atoms with Crippen LogP contribution in [0.5, 0.6) is 0 Å². The van der Waals surface area contributed by atoms with Crippen LogP contribution >= 0.6 is 11.1 Å². The maximum absolute atomic E-state index is 6.81. The molecule has 18 heavy (non-hydrogen) atoms. The molecule has 0 spiro atoms. The maximum atomic E-state index is 6.81. The SMILES string of the molecule is C=C[Si](Cl)(Cc1ccccc1)Cc1ccccc1. The molecule has 0 aliphatic heterocycles. The molecule has 0 fully saturated rings. The van der Waals surface area contributed by atoms with E-state index in [-0.39, 0.29) is 0 Å². The van der Waals surface area contributed by atoms with E-state index in [0.29, 0.717) is 0 Å². The zero-order valence-corrected chi connectivity index (χ0v) is 12.1. The van der Waals surface area contributed by atoms with Crippen molar-refractivity contribution < 1.29 is 0 Å².